The minimum Gasteiger partial charge on any atom is -0.383 e. The predicted octanol–water partition coefficient (Wildman–Crippen LogP) is 1.88. The third-order valence-corrected chi connectivity index (χ3v) is 5.28. The summed E-state index contributed by atoms with van der Waals surface area (Å²) < 4.78 is 29.1. The number of nitrogens with two attached hydrogens (primary N) is 1. The van der Waals surface area contributed by atoms with E-state index in [1.165, 1.54) is 19.0 Å². The Labute approximate surface area is 120 Å². The number of sulfonamides is 1. The largest absolute Gasteiger partial charge is 0.383 e. The van der Waals surface area contributed by atoms with E-state index in [1.54, 1.807) is 4.68 Å². The number of anilines is 1. The normalized spacial score (nSPS) is 18.1. The van der Waals surface area contributed by atoms with Crippen LogP contribution >= 0.6 is 0 Å². The van der Waals surface area contributed by atoms with E-state index in [-0.39, 0.29) is 16.8 Å². The van der Waals surface area contributed by atoms with Crippen molar-refractivity contribution >= 4 is 15.8 Å². The summed E-state index contributed by atoms with van der Waals surface area (Å²) in [6.07, 6.45) is 8.56. The van der Waals surface area contributed by atoms with Gasteiger partial charge in [-0.3, -0.25) is 0 Å². The highest BCUT2D eigenvalue weighted by Gasteiger charge is 2.25. The first-order chi connectivity index (χ1) is 9.54. The van der Waals surface area contributed by atoms with Crippen molar-refractivity contribution in [2.75, 3.05) is 5.73 Å². The number of hydrogen-bond acceptors (Lipinski definition) is 4. The van der Waals surface area contributed by atoms with Crippen LogP contribution in [0.5, 0.6) is 0 Å². The second kappa shape index (κ2) is 6.58. The molecule has 3 N–H and O–H groups in total. The van der Waals surface area contributed by atoms with E-state index in [4.69, 9.17) is 5.73 Å². The van der Waals surface area contributed by atoms with Gasteiger partial charge in [0.1, 0.15) is 10.7 Å². The van der Waals surface area contributed by atoms with Crippen LogP contribution in [0.3, 0.4) is 0 Å². The summed E-state index contributed by atoms with van der Waals surface area (Å²) in [6.45, 7) is 2.63. The number of hydrogen-bond donors (Lipinski definition) is 2. The van der Waals surface area contributed by atoms with Crippen LogP contribution in [0.4, 0.5) is 5.82 Å². The maximum Gasteiger partial charge on any atom is 0.246 e. The fourth-order valence-corrected chi connectivity index (χ4v) is 4.02. The van der Waals surface area contributed by atoms with Crippen LogP contribution < -0.4 is 10.5 Å². The molecule has 0 unspecified atom stereocenters. The zero-order valence-electron chi connectivity index (χ0n) is 12.0. The van der Waals surface area contributed by atoms with Gasteiger partial charge < -0.3 is 5.73 Å². The molecular weight excluding hydrogens is 276 g/mol. The van der Waals surface area contributed by atoms with Crippen molar-refractivity contribution in [3.8, 4) is 0 Å². The topological polar surface area (TPSA) is 90.0 Å². The van der Waals surface area contributed by atoms with Gasteiger partial charge in [-0.25, -0.2) is 17.8 Å². The van der Waals surface area contributed by atoms with Gasteiger partial charge in [0.25, 0.3) is 0 Å². The third-order valence-electron chi connectivity index (χ3n) is 3.75. The Kier molecular flexibility index (Phi) is 5.04. The fraction of sp³-hybridized carbons (Fsp3) is 0.769. The molecule has 1 aliphatic carbocycles. The first kappa shape index (κ1) is 15.3. The lowest BCUT2D eigenvalue weighted by atomic mass is 10.1. The number of aryl methyl sites for hydroxylation is 1. The van der Waals surface area contributed by atoms with Crippen molar-refractivity contribution in [2.45, 2.75) is 69.4 Å². The molecule has 2 rings (SSSR count). The summed E-state index contributed by atoms with van der Waals surface area (Å²) in [5, 5.41) is 4.06. The highest BCUT2D eigenvalue weighted by Crippen LogP contribution is 2.22. The molecule has 0 bridgehead atoms. The summed E-state index contributed by atoms with van der Waals surface area (Å²) in [6, 6.07) is 0.0245. The molecule has 1 heterocycles. The molecule has 0 saturated heterocycles. The van der Waals surface area contributed by atoms with Crippen LogP contribution in [0, 0.1) is 0 Å². The van der Waals surface area contributed by atoms with Gasteiger partial charge in [0.2, 0.25) is 10.0 Å². The van der Waals surface area contributed by atoms with Crippen molar-refractivity contribution in [3.05, 3.63) is 6.20 Å². The molecule has 1 aromatic rings. The number of aromatic nitrogens is 2. The number of nitrogens with zero attached hydrogens (tertiary/aromatic N) is 2. The van der Waals surface area contributed by atoms with E-state index >= 15 is 0 Å². The first-order valence-corrected chi connectivity index (χ1v) is 8.86. The van der Waals surface area contributed by atoms with E-state index < -0.39 is 10.0 Å². The van der Waals surface area contributed by atoms with E-state index in [1.807, 2.05) is 6.92 Å². The Morgan fingerprint density at radius 1 is 1.35 bits per heavy atom. The molecule has 0 spiro atoms. The van der Waals surface area contributed by atoms with Crippen LogP contribution in [0.2, 0.25) is 0 Å². The standard InChI is InChI=1S/C13H24N4O2S/c1-2-9-17-13(14)12(10-15-17)20(18,19)16-11-7-5-3-4-6-8-11/h10-11,16H,2-9,14H2,1H3. The second-order valence-corrected chi connectivity index (χ2v) is 7.11. The molecule has 0 amide bonds. The maximum absolute atomic E-state index is 12.4. The Balaban J connectivity index is 2.13. The molecule has 0 aliphatic heterocycles. The molecule has 1 fully saturated rings. The monoisotopic (exact) mass is 300 g/mol. The lowest BCUT2D eigenvalue weighted by Gasteiger charge is -2.16. The van der Waals surface area contributed by atoms with Crippen LogP contribution in [0.15, 0.2) is 11.1 Å². The molecule has 1 aliphatic rings. The molecule has 0 radical (unpaired) electrons. The number of nitrogens with one attached hydrogen (secondary N) is 1. The van der Waals surface area contributed by atoms with E-state index in [0.29, 0.717) is 6.54 Å². The molecule has 6 nitrogen and oxygen atoms in total. The van der Waals surface area contributed by atoms with E-state index in [2.05, 4.69) is 9.82 Å². The highest BCUT2D eigenvalue weighted by atomic mass is 32.2. The molecular formula is C13H24N4O2S. The molecule has 1 saturated carbocycles. The lowest BCUT2D eigenvalue weighted by molar-refractivity contribution is 0.510. The Morgan fingerprint density at radius 3 is 2.60 bits per heavy atom. The zero-order valence-corrected chi connectivity index (χ0v) is 12.8. The summed E-state index contributed by atoms with van der Waals surface area (Å²) in [5.41, 5.74) is 5.89. The summed E-state index contributed by atoms with van der Waals surface area (Å²) in [4.78, 5) is 0.107. The third kappa shape index (κ3) is 3.52. The number of nitrogen functional groups attached to an aromatic ring is 1. The summed E-state index contributed by atoms with van der Waals surface area (Å²) in [5.74, 6) is 0.230. The van der Waals surface area contributed by atoms with Gasteiger partial charge in [-0.05, 0) is 19.3 Å². The Hall–Kier alpha value is -1.08. The maximum atomic E-state index is 12.4. The average Bonchev–Trinajstić information content (AvgIpc) is 2.62. The van der Waals surface area contributed by atoms with Crippen LogP contribution in [0.25, 0.3) is 0 Å². The van der Waals surface area contributed by atoms with Gasteiger partial charge in [-0.15, -0.1) is 0 Å². The van der Waals surface area contributed by atoms with Gasteiger partial charge in [-0.2, -0.15) is 5.10 Å². The van der Waals surface area contributed by atoms with Crippen LogP contribution in [-0.2, 0) is 16.6 Å². The SMILES string of the molecule is CCCn1ncc(S(=O)(=O)NC2CCCCCC2)c1N. The smallest absolute Gasteiger partial charge is 0.246 e. The number of rotatable bonds is 5. The second-order valence-electron chi connectivity index (χ2n) is 5.43. The molecule has 114 valence electrons. The Bertz CT molecular complexity index is 531. The van der Waals surface area contributed by atoms with Crippen molar-refractivity contribution in [3.63, 3.8) is 0 Å². The molecule has 7 heteroatoms. The van der Waals surface area contributed by atoms with Crippen molar-refractivity contribution in [1.82, 2.24) is 14.5 Å². The molecule has 0 aromatic carbocycles. The van der Waals surface area contributed by atoms with Gasteiger partial charge in [-0.1, -0.05) is 32.6 Å². The molecule has 0 atom stereocenters. The lowest BCUT2D eigenvalue weighted by Crippen LogP contribution is -2.34. The van der Waals surface area contributed by atoms with Crippen molar-refractivity contribution in [2.24, 2.45) is 0 Å². The van der Waals surface area contributed by atoms with Crippen molar-refractivity contribution < 1.29 is 8.42 Å². The minimum atomic E-state index is -3.56. The predicted molar refractivity (Wildman–Crippen MR) is 78.7 cm³/mol. The molecule has 20 heavy (non-hydrogen) atoms. The summed E-state index contributed by atoms with van der Waals surface area (Å²) >= 11 is 0. The molecule has 1 aromatic heterocycles. The van der Waals surface area contributed by atoms with Crippen LogP contribution in [-0.4, -0.2) is 24.2 Å². The van der Waals surface area contributed by atoms with Crippen molar-refractivity contribution in [1.29, 1.82) is 0 Å². The van der Waals surface area contributed by atoms with E-state index in [0.717, 1.165) is 32.1 Å². The zero-order chi connectivity index (χ0) is 14.6. The quantitative estimate of drug-likeness (QED) is 0.812. The van der Waals surface area contributed by atoms with Gasteiger partial charge in [0.15, 0.2) is 0 Å². The Morgan fingerprint density at radius 2 is 2.00 bits per heavy atom. The summed E-state index contributed by atoms with van der Waals surface area (Å²) in [7, 11) is -3.56. The minimum absolute atomic E-state index is 0.0245. The average molecular weight is 300 g/mol. The first-order valence-electron chi connectivity index (χ1n) is 7.38. The van der Waals surface area contributed by atoms with Crippen LogP contribution in [0.1, 0.15) is 51.9 Å². The van der Waals surface area contributed by atoms with Gasteiger partial charge in [0.05, 0.1) is 6.20 Å². The van der Waals surface area contributed by atoms with Gasteiger partial charge >= 0.3 is 0 Å². The van der Waals surface area contributed by atoms with E-state index in [9.17, 15) is 8.42 Å². The van der Waals surface area contributed by atoms with Gasteiger partial charge in [0, 0.05) is 12.6 Å². The highest BCUT2D eigenvalue weighted by molar-refractivity contribution is 7.89. The fourth-order valence-electron chi connectivity index (χ4n) is 2.65.